The number of likely N-dealkylation sites (N-methyl/N-ethyl adjacent to an activating group) is 1. The molecule has 1 fully saturated rings. The van der Waals surface area contributed by atoms with Crippen LogP contribution in [0.1, 0.15) is 30.8 Å². The zero-order chi connectivity index (χ0) is 19.3. The Morgan fingerprint density at radius 3 is 2.58 bits per heavy atom. The standard InChI is InChI=1S/C17H26ClN5O3/c1-11(2)9-13(16(25)22(3)4)20-15(24)14-12(18)10-19-17(21-14)23-5-7-26-8-6-23/h10-11,13H,5-9H2,1-4H3,(H,20,24). The molecule has 0 spiro atoms. The van der Waals surface area contributed by atoms with Crippen molar-refractivity contribution in [3.8, 4) is 0 Å². The van der Waals surface area contributed by atoms with E-state index >= 15 is 0 Å². The van der Waals surface area contributed by atoms with Crippen LogP contribution in [0.25, 0.3) is 0 Å². The third-order valence-electron chi connectivity index (χ3n) is 3.99. The molecule has 1 unspecified atom stereocenters. The molecule has 1 aromatic rings. The van der Waals surface area contributed by atoms with Gasteiger partial charge >= 0.3 is 0 Å². The summed E-state index contributed by atoms with van der Waals surface area (Å²) in [4.78, 5) is 37.0. The second-order valence-corrected chi connectivity index (χ2v) is 7.26. The SMILES string of the molecule is CC(C)CC(NC(=O)c1nc(N2CCOCC2)ncc1Cl)C(=O)N(C)C. The number of ether oxygens (including phenoxy) is 1. The zero-order valence-corrected chi connectivity index (χ0v) is 16.4. The molecule has 0 aliphatic carbocycles. The van der Waals surface area contributed by atoms with Crippen LogP contribution in [0.5, 0.6) is 0 Å². The summed E-state index contributed by atoms with van der Waals surface area (Å²) in [5, 5.41) is 2.92. The highest BCUT2D eigenvalue weighted by Crippen LogP contribution is 2.18. The smallest absolute Gasteiger partial charge is 0.272 e. The van der Waals surface area contributed by atoms with Crippen LogP contribution >= 0.6 is 11.6 Å². The fraction of sp³-hybridized carbons (Fsp3) is 0.647. The minimum Gasteiger partial charge on any atom is -0.378 e. The van der Waals surface area contributed by atoms with Gasteiger partial charge in [0.2, 0.25) is 11.9 Å². The number of aromatic nitrogens is 2. The zero-order valence-electron chi connectivity index (χ0n) is 15.7. The second-order valence-electron chi connectivity index (χ2n) is 6.85. The van der Waals surface area contributed by atoms with Gasteiger partial charge in [0, 0.05) is 27.2 Å². The molecule has 1 atom stereocenters. The van der Waals surface area contributed by atoms with Gasteiger partial charge < -0.3 is 19.9 Å². The first-order valence-electron chi connectivity index (χ1n) is 8.66. The molecule has 2 rings (SSSR count). The van der Waals surface area contributed by atoms with Crippen molar-refractivity contribution in [3.05, 3.63) is 16.9 Å². The number of nitrogens with zero attached hydrogens (tertiary/aromatic N) is 4. The van der Waals surface area contributed by atoms with Crippen LogP contribution in [0.15, 0.2) is 6.20 Å². The first-order chi connectivity index (χ1) is 12.3. The summed E-state index contributed by atoms with van der Waals surface area (Å²) in [7, 11) is 3.33. The van der Waals surface area contributed by atoms with Crippen LogP contribution in [-0.2, 0) is 9.53 Å². The maximum absolute atomic E-state index is 12.7. The molecule has 0 radical (unpaired) electrons. The molecule has 2 amide bonds. The number of nitrogens with one attached hydrogen (secondary N) is 1. The summed E-state index contributed by atoms with van der Waals surface area (Å²) >= 11 is 6.14. The Bertz CT molecular complexity index is 647. The Hall–Kier alpha value is -1.93. The molecule has 1 aromatic heterocycles. The van der Waals surface area contributed by atoms with Gasteiger partial charge in [-0.15, -0.1) is 0 Å². The predicted octanol–water partition coefficient (Wildman–Crippen LogP) is 1.20. The Balaban J connectivity index is 2.19. The van der Waals surface area contributed by atoms with E-state index in [-0.39, 0.29) is 22.5 Å². The van der Waals surface area contributed by atoms with Crippen molar-refractivity contribution < 1.29 is 14.3 Å². The van der Waals surface area contributed by atoms with Crippen LogP contribution in [-0.4, -0.2) is 73.1 Å². The topological polar surface area (TPSA) is 87.7 Å². The average Bonchev–Trinajstić information content (AvgIpc) is 2.61. The maximum Gasteiger partial charge on any atom is 0.272 e. The number of anilines is 1. The van der Waals surface area contributed by atoms with Gasteiger partial charge in [0.05, 0.1) is 24.4 Å². The Morgan fingerprint density at radius 2 is 2.00 bits per heavy atom. The monoisotopic (exact) mass is 383 g/mol. The van der Waals surface area contributed by atoms with Crippen molar-refractivity contribution in [2.75, 3.05) is 45.3 Å². The average molecular weight is 384 g/mol. The number of amides is 2. The van der Waals surface area contributed by atoms with Crippen molar-refractivity contribution in [1.29, 1.82) is 0 Å². The molecule has 9 heteroatoms. The van der Waals surface area contributed by atoms with Crippen LogP contribution < -0.4 is 10.2 Å². The van der Waals surface area contributed by atoms with E-state index in [1.54, 1.807) is 14.1 Å². The lowest BCUT2D eigenvalue weighted by molar-refractivity contribution is -0.131. The van der Waals surface area contributed by atoms with Crippen LogP contribution in [0.2, 0.25) is 5.02 Å². The molecule has 1 aliphatic heterocycles. The van der Waals surface area contributed by atoms with Crippen molar-refractivity contribution in [1.82, 2.24) is 20.2 Å². The van der Waals surface area contributed by atoms with E-state index in [2.05, 4.69) is 15.3 Å². The summed E-state index contributed by atoms with van der Waals surface area (Å²) in [6.45, 7) is 6.46. The number of rotatable bonds is 6. The number of carbonyl (C=O) groups excluding carboxylic acids is 2. The molecular weight excluding hydrogens is 358 g/mol. The summed E-state index contributed by atoms with van der Waals surface area (Å²) in [5.41, 5.74) is 0.0727. The Kier molecular flexibility index (Phi) is 7.16. The van der Waals surface area contributed by atoms with Crippen LogP contribution in [0.3, 0.4) is 0 Å². The molecule has 0 saturated carbocycles. The maximum atomic E-state index is 12.7. The molecule has 26 heavy (non-hydrogen) atoms. The summed E-state index contributed by atoms with van der Waals surface area (Å²) in [6, 6.07) is -0.629. The number of morpholine rings is 1. The summed E-state index contributed by atoms with van der Waals surface area (Å²) in [6.07, 6.45) is 1.95. The van der Waals surface area contributed by atoms with Gasteiger partial charge in [-0.05, 0) is 12.3 Å². The van der Waals surface area contributed by atoms with Gasteiger partial charge in [-0.1, -0.05) is 25.4 Å². The fourth-order valence-electron chi connectivity index (χ4n) is 2.66. The lowest BCUT2D eigenvalue weighted by Gasteiger charge is -2.27. The Labute approximate surface area is 158 Å². The van der Waals surface area contributed by atoms with Crippen molar-refractivity contribution in [2.24, 2.45) is 5.92 Å². The number of hydrogen-bond donors (Lipinski definition) is 1. The van der Waals surface area contributed by atoms with Gasteiger partial charge in [0.25, 0.3) is 5.91 Å². The van der Waals surface area contributed by atoms with Crippen LogP contribution in [0.4, 0.5) is 5.95 Å². The lowest BCUT2D eigenvalue weighted by atomic mass is 10.0. The second kappa shape index (κ2) is 9.14. The van der Waals surface area contributed by atoms with E-state index in [0.717, 1.165) is 0 Å². The van der Waals surface area contributed by atoms with Crippen molar-refractivity contribution in [3.63, 3.8) is 0 Å². The van der Waals surface area contributed by atoms with Gasteiger partial charge in [-0.2, -0.15) is 0 Å². The largest absolute Gasteiger partial charge is 0.378 e. The predicted molar refractivity (Wildman–Crippen MR) is 99.5 cm³/mol. The van der Waals surface area contributed by atoms with Gasteiger partial charge in [0.15, 0.2) is 5.69 Å². The molecule has 1 aliphatic rings. The highest BCUT2D eigenvalue weighted by molar-refractivity contribution is 6.33. The van der Waals surface area contributed by atoms with E-state index in [1.165, 1.54) is 11.1 Å². The van der Waals surface area contributed by atoms with Crippen LogP contribution in [0, 0.1) is 5.92 Å². The third-order valence-corrected chi connectivity index (χ3v) is 4.27. The molecular formula is C17H26ClN5O3. The van der Waals surface area contributed by atoms with Gasteiger partial charge in [-0.25, -0.2) is 9.97 Å². The van der Waals surface area contributed by atoms with Crippen molar-refractivity contribution in [2.45, 2.75) is 26.3 Å². The molecule has 1 N–H and O–H groups in total. The molecule has 2 heterocycles. The number of hydrogen-bond acceptors (Lipinski definition) is 6. The molecule has 144 valence electrons. The van der Waals surface area contributed by atoms with Gasteiger partial charge in [-0.3, -0.25) is 9.59 Å². The van der Waals surface area contributed by atoms with E-state index in [4.69, 9.17) is 16.3 Å². The van der Waals surface area contributed by atoms with Crippen molar-refractivity contribution >= 4 is 29.4 Å². The van der Waals surface area contributed by atoms with E-state index in [9.17, 15) is 9.59 Å². The van der Waals surface area contributed by atoms with E-state index in [1.807, 2.05) is 18.7 Å². The molecule has 1 saturated heterocycles. The van der Waals surface area contributed by atoms with E-state index in [0.29, 0.717) is 38.7 Å². The third kappa shape index (κ3) is 5.28. The number of halogens is 1. The molecule has 0 bridgehead atoms. The molecule has 0 aromatic carbocycles. The normalized spacial score (nSPS) is 15.7. The summed E-state index contributed by atoms with van der Waals surface area (Å²) in [5.74, 6) is 0.0366. The first kappa shape index (κ1) is 20.4. The van der Waals surface area contributed by atoms with E-state index < -0.39 is 11.9 Å². The Morgan fingerprint density at radius 1 is 1.35 bits per heavy atom. The fourth-order valence-corrected chi connectivity index (χ4v) is 2.84. The first-order valence-corrected chi connectivity index (χ1v) is 9.04. The van der Waals surface area contributed by atoms with Gasteiger partial charge in [0.1, 0.15) is 6.04 Å². The number of carbonyl (C=O) groups is 2. The molecule has 8 nitrogen and oxygen atoms in total. The lowest BCUT2D eigenvalue weighted by Crippen LogP contribution is -2.47. The highest BCUT2D eigenvalue weighted by Gasteiger charge is 2.26. The minimum absolute atomic E-state index is 0.0727. The summed E-state index contributed by atoms with van der Waals surface area (Å²) < 4.78 is 5.32. The highest BCUT2D eigenvalue weighted by atomic mass is 35.5. The quantitative estimate of drug-likeness (QED) is 0.794. The minimum atomic E-state index is -0.629.